The maximum atomic E-state index is 13.3. The first-order valence-electron chi connectivity index (χ1n) is 9.40. The van der Waals surface area contributed by atoms with Gasteiger partial charge in [0.15, 0.2) is 0 Å². The fourth-order valence-electron chi connectivity index (χ4n) is 3.35. The molecule has 3 aromatic rings. The van der Waals surface area contributed by atoms with E-state index in [0.717, 1.165) is 19.3 Å². The van der Waals surface area contributed by atoms with Crippen molar-refractivity contribution in [2.45, 2.75) is 29.2 Å². The molecule has 0 radical (unpaired) electrons. The normalized spacial score (nSPS) is 14.8. The van der Waals surface area contributed by atoms with Crippen molar-refractivity contribution in [3.63, 3.8) is 0 Å². The molecule has 0 unspecified atom stereocenters. The van der Waals surface area contributed by atoms with E-state index >= 15 is 0 Å². The Labute approximate surface area is 168 Å². The smallest absolute Gasteiger partial charge is 0.236 e. The molecule has 4 rings (SSSR count). The van der Waals surface area contributed by atoms with Crippen LogP contribution in [-0.4, -0.2) is 33.6 Å². The summed E-state index contributed by atoms with van der Waals surface area (Å²) in [5.74, 6) is 0.562. The quantitative estimate of drug-likeness (QED) is 0.617. The van der Waals surface area contributed by atoms with Gasteiger partial charge in [0, 0.05) is 18.7 Å². The van der Waals surface area contributed by atoms with Crippen molar-refractivity contribution < 1.29 is 22.0 Å². The molecule has 0 bridgehead atoms. The third-order valence-corrected chi connectivity index (χ3v) is 6.61. The van der Waals surface area contributed by atoms with E-state index in [2.05, 4.69) is 4.98 Å². The minimum Gasteiger partial charge on any atom is -0.497 e. The van der Waals surface area contributed by atoms with Crippen molar-refractivity contribution in [1.82, 2.24) is 4.98 Å². The second-order valence-corrected chi connectivity index (χ2v) is 8.73. The van der Waals surface area contributed by atoms with Gasteiger partial charge in [-0.25, -0.2) is 12.8 Å². The molecule has 152 valence electrons. The lowest BCUT2D eigenvalue weighted by Gasteiger charge is -2.26. The first-order chi connectivity index (χ1) is 14.0. The van der Waals surface area contributed by atoms with Crippen molar-refractivity contribution in [3.8, 4) is 17.2 Å². The molecule has 0 spiro atoms. The van der Waals surface area contributed by atoms with Crippen LogP contribution in [0.3, 0.4) is 0 Å². The predicted octanol–water partition coefficient (Wildman–Crippen LogP) is 4.31. The van der Waals surface area contributed by atoms with Crippen LogP contribution in [0, 0.1) is 5.82 Å². The van der Waals surface area contributed by atoms with E-state index in [-0.39, 0.29) is 27.5 Å². The number of oxazole rings is 1. The van der Waals surface area contributed by atoms with Gasteiger partial charge in [-0.3, -0.25) is 0 Å². The number of aromatic nitrogens is 1. The first-order valence-corrected chi connectivity index (χ1v) is 10.9. The van der Waals surface area contributed by atoms with Crippen LogP contribution >= 0.6 is 0 Å². The van der Waals surface area contributed by atoms with Crippen LogP contribution in [0.5, 0.6) is 5.75 Å². The lowest BCUT2D eigenvalue weighted by molar-refractivity contribution is 0.414. The Hall–Kier alpha value is -2.87. The number of rotatable bonds is 5. The molecule has 0 aliphatic carbocycles. The summed E-state index contributed by atoms with van der Waals surface area (Å²) in [5, 5.41) is -0.121. The molecule has 0 N–H and O–H groups in total. The number of sulfone groups is 1. The Bertz CT molecular complexity index is 1090. The molecule has 1 fully saturated rings. The zero-order valence-corrected chi connectivity index (χ0v) is 16.8. The highest BCUT2D eigenvalue weighted by molar-refractivity contribution is 7.91. The summed E-state index contributed by atoms with van der Waals surface area (Å²) in [5.41, 5.74) is 0.515. The summed E-state index contributed by atoms with van der Waals surface area (Å²) < 4.78 is 51.0. The Morgan fingerprint density at radius 3 is 2.28 bits per heavy atom. The number of benzene rings is 2. The highest BCUT2D eigenvalue weighted by Crippen LogP contribution is 2.36. The molecule has 0 atom stereocenters. The zero-order valence-electron chi connectivity index (χ0n) is 16.0. The van der Waals surface area contributed by atoms with E-state index in [1.807, 2.05) is 4.90 Å². The third kappa shape index (κ3) is 3.85. The number of piperidine rings is 1. The summed E-state index contributed by atoms with van der Waals surface area (Å²) in [4.78, 5) is 6.35. The molecule has 2 aromatic carbocycles. The number of methoxy groups -OCH3 is 1. The highest BCUT2D eigenvalue weighted by Gasteiger charge is 2.32. The summed E-state index contributed by atoms with van der Waals surface area (Å²) >= 11 is 0. The van der Waals surface area contributed by atoms with Gasteiger partial charge >= 0.3 is 0 Å². The van der Waals surface area contributed by atoms with Gasteiger partial charge in [0.2, 0.25) is 26.6 Å². The average molecular weight is 416 g/mol. The fourth-order valence-corrected chi connectivity index (χ4v) is 4.67. The SMILES string of the molecule is COc1ccc(S(=O)(=O)c2nc(-c3ccc(F)cc3)oc2N2CCCCC2)cc1. The molecule has 1 aliphatic heterocycles. The Morgan fingerprint density at radius 2 is 1.66 bits per heavy atom. The summed E-state index contributed by atoms with van der Waals surface area (Å²) in [6.07, 6.45) is 3.00. The van der Waals surface area contributed by atoms with Crippen molar-refractivity contribution in [1.29, 1.82) is 0 Å². The van der Waals surface area contributed by atoms with Crippen LogP contribution < -0.4 is 9.64 Å². The number of nitrogens with zero attached hydrogens (tertiary/aromatic N) is 2. The lowest BCUT2D eigenvalue weighted by atomic mass is 10.1. The Morgan fingerprint density at radius 1 is 1.00 bits per heavy atom. The number of halogens is 1. The van der Waals surface area contributed by atoms with Crippen molar-refractivity contribution in [3.05, 3.63) is 54.3 Å². The van der Waals surface area contributed by atoms with Gasteiger partial charge in [-0.2, -0.15) is 4.98 Å². The van der Waals surface area contributed by atoms with Crippen LogP contribution in [0.1, 0.15) is 19.3 Å². The van der Waals surface area contributed by atoms with Crippen LogP contribution in [-0.2, 0) is 9.84 Å². The predicted molar refractivity (Wildman–Crippen MR) is 106 cm³/mol. The van der Waals surface area contributed by atoms with Gasteiger partial charge in [-0.1, -0.05) is 0 Å². The van der Waals surface area contributed by atoms with E-state index in [9.17, 15) is 12.8 Å². The van der Waals surface area contributed by atoms with Gasteiger partial charge in [-0.15, -0.1) is 0 Å². The van der Waals surface area contributed by atoms with Gasteiger partial charge in [0.1, 0.15) is 11.6 Å². The molecular formula is C21H21FN2O4S. The molecule has 6 nitrogen and oxygen atoms in total. The molecule has 29 heavy (non-hydrogen) atoms. The fraction of sp³-hybridized carbons (Fsp3) is 0.286. The number of ether oxygens (including phenoxy) is 1. The summed E-state index contributed by atoms with van der Waals surface area (Å²) in [6.45, 7) is 1.40. The average Bonchev–Trinajstić information content (AvgIpc) is 3.21. The maximum absolute atomic E-state index is 13.3. The number of hydrogen-bond donors (Lipinski definition) is 0. The topological polar surface area (TPSA) is 72.6 Å². The number of anilines is 1. The monoisotopic (exact) mass is 416 g/mol. The van der Waals surface area contributed by atoms with E-state index < -0.39 is 9.84 Å². The lowest BCUT2D eigenvalue weighted by Crippen LogP contribution is -2.30. The second-order valence-electron chi connectivity index (χ2n) is 6.86. The molecule has 2 heterocycles. The van der Waals surface area contributed by atoms with Gasteiger partial charge in [-0.05, 0) is 67.8 Å². The molecular weight excluding hydrogens is 395 g/mol. The van der Waals surface area contributed by atoms with Crippen LogP contribution in [0.15, 0.2) is 62.9 Å². The van der Waals surface area contributed by atoms with Crippen molar-refractivity contribution >= 4 is 15.7 Å². The van der Waals surface area contributed by atoms with Crippen LogP contribution in [0.4, 0.5) is 10.3 Å². The van der Waals surface area contributed by atoms with E-state index in [1.165, 1.54) is 43.5 Å². The minimum atomic E-state index is -3.92. The standard InChI is InChI=1S/C21H21FN2O4S/c1-27-17-9-11-18(12-10-17)29(25,26)20-21(24-13-3-2-4-14-24)28-19(23-20)15-5-7-16(22)8-6-15/h5-12H,2-4,13-14H2,1H3. The summed E-state index contributed by atoms with van der Waals surface area (Å²) in [6, 6.07) is 11.8. The third-order valence-electron chi connectivity index (χ3n) is 4.94. The van der Waals surface area contributed by atoms with E-state index in [1.54, 1.807) is 12.1 Å². The second kappa shape index (κ2) is 7.87. The molecule has 0 saturated carbocycles. The van der Waals surface area contributed by atoms with Crippen LogP contribution in [0.25, 0.3) is 11.5 Å². The summed E-state index contributed by atoms with van der Waals surface area (Å²) in [7, 11) is -2.40. The molecule has 1 aromatic heterocycles. The van der Waals surface area contributed by atoms with Crippen LogP contribution in [0.2, 0.25) is 0 Å². The number of hydrogen-bond acceptors (Lipinski definition) is 6. The molecule has 1 aliphatic rings. The van der Waals surface area contributed by atoms with Gasteiger partial charge in [0.05, 0.1) is 12.0 Å². The zero-order chi connectivity index (χ0) is 20.4. The Kier molecular flexibility index (Phi) is 5.27. The molecule has 0 amide bonds. The minimum absolute atomic E-state index is 0.107. The van der Waals surface area contributed by atoms with Gasteiger partial charge in [0.25, 0.3) is 0 Å². The largest absolute Gasteiger partial charge is 0.497 e. The maximum Gasteiger partial charge on any atom is 0.236 e. The molecule has 1 saturated heterocycles. The molecule has 8 heteroatoms. The van der Waals surface area contributed by atoms with E-state index in [4.69, 9.17) is 9.15 Å². The van der Waals surface area contributed by atoms with Crippen molar-refractivity contribution in [2.24, 2.45) is 0 Å². The van der Waals surface area contributed by atoms with E-state index in [0.29, 0.717) is 24.4 Å². The Balaban J connectivity index is 1.82. The first kappa shape index (κ1) is 19.4. The highest BCUT2D eigenvalue weighted by atomic mass is 32.2. The van der Waals surface area contributed by atoms with Gasteiger partial charge < -0.3 is 14.1 Å². The van der Waals surface area contributed by atoms with Crippen molar-refractivity contribution in [2.75, 3.05) is 25.1 Å².